The van der Waals surface area contributed by atoms with E-state index >= 15 is 0 Å². The second-order valence-corrected chi connectivity index (χ2v) is 10.1. The number of H-pyrrole nitrogens is 1. The predicted molar refractivity (Wildman–Crippen MR) is 128 cm³/mol. The molecule has 0 radical (unpaired) electrons. The minimum atomic E-state index is -4.20. The monoisotopic (exact) mass is 538 g/mol. The van der Waals surface area contributed by atoms with E-state index in [1.807, 2.05) is 6.08 Å². The Kier molecular flexibility index (Phi) is 7.63. The molecule has 0 aromatic carbocycles. The van der Waals surface area contributed by atoms with Crippen molar-refractivity contribution in [3.63, 3.8) is 0 Å². The van der Waals surface area contributed by atoms with E-state index in [4.69, 9.17) is 25.8 Å². The molecule has 4 heterocycles. The first-order chi connectivity index (χ1) is 17.3. The van der Waals surface area contributed by atoms with Crippen LogP contribution in [0.3, 0.4) is 0 Å². The van der Waals surface area contributed by atoms with Crippen LogP contribution in [-0.4, -0.2) is 75.8 Å². The summed E-state index contributed by atoms with van der Waals surface area (Å²) in [6, 6.07) is 0. The third-order valence-electron chi connectivity index (χ3n) is 5.41. The van der Waals surface area contributed by atoms with Gasteiger partial charge in [-0.25, -0.2) is 23.4 Å². The van der Waals surface area contributed by atoms with Crippen LogP contribution in [0.5, 0.6) is 5.88 Å². The molecule has 0 saturated heterocycles. The van der Waals surface area contributed by atoms with Gasteiger partial charge in [-0.15, -0.1) is 10.2 Å². The van der Waals surface area contributed by atoms with Crippen LogP contribution in [0.2, 0.25) is 5.02 Å². The van der Waals surface area contributed by atoms with Gasteiger partial charge in [-0.05, 0) is 6.92 Å². The average Bonchev–Trinajstić information content (AvgIpc) is 3.28. The zero-order chi connectivity index (χ0) is 25.9. The molecule has 36 heavy (non-hydrogen) atoms. The molecule has 0 aliphatic carbocycles. The maximum Gasteiger partial charge on any atom is 0.279 e. The third kappa shape index (κ3) is 5.09. The van der Waals surface area contributed by atoms with Gasteiger partial charge in [-0.1, -0.05) is 23.8 Å². The zero-order valence-corrected chi connectivity index (χ0v) is 21.0. The van der Waals surface area contributed by atoms with E-state index in [2.05, 4.69) is 34.9 Å². The van der Waals surface area contributed by atoms with Crippen molar-refractivity contribution >= 4 is 27.6 Å². The van der Waals surface area contributed by atoms with E-state index in [9.17, 15) is 13.2 Å². The van der Waals surface area contributed by atoms with Gasteiger partial charge in [0.15, 0.2) is 11.5 Å². The van der Waals surface area contributed by atoms with Crippen molar-refractivity contribution in [3.05, 3.63) is 57.9 Å². The molecule has 0 saturated carbocycles. The molecule has 14 nitrogen and oxygen atoms in total. The van der Waals surface area contributed by atoms with E-state index in [-0.39, 0.29) is 35.8 Å². The Morgan fingerprint density at radius 3 is 2.64 bits per heavy atom. The number of hydrogen-bond donors (Lipinski definition) is 2. The standard InChI is InChI=1S/C20H23ClN8O6S/c1-11(15(33-2)16-22-7-13(21)8-23-16)36(31,32)28-20-27-26-17(12-5-4-6-35-9-12)29(20)14-18(30)24-10-25-19(14)34-3/h4-5,7-8,10-12,15H,6,9H2,1-3H3,(H,27,28)(H,24,25,30). The highest BCUT2D eigenvalue weighted by Gasteiger charge is 2.35. The summed E-state index contributed by atoms with van der Waals surface area (Å²) in [4.78, 5) is 27.5. The molecular weight excluding hydrogens is 516 g/mol. The second-order valence-electron chi connectivity index (χ2n) is 7.65. The van der Waals surface area contributed by atoms with Crippen LogP contribution in [0.4, 0.5) is 5.95 Å². The van der Waals surface area contributed by atoms with Crippen molar-refractivity contribution in [2.24, 2.45) is 0 Å². The highest BCUT2D eigenvalue weighted by molar-refractivity contribution is 7.93. The lowest BCUT2D eigenvalue weighted by Gasteiger charge is -2.22. The van der Waals surface area contributed by atoms with Gasteiger partial charge in [0.1, 0.15) is 17.2 Å². The second kappa shape index (κ2) is 10.7. The molecule has 2 N–H and O–H groups in total. The average molecular weight is 539 g/mol. The molecule has 192 valence electrons. The largest absolute Gasteiger partial charge is 0.479 e. The minimum absolute atomic E-state index is 0.0571. The van der Waals surface area contributed by atoms with Gasteiger partial charge in [0, 0.05) is 19.5 Å². The maximum absolute atomic E-state index is 13.4. The number of nitrogens with one attached hydrogen (secondary N) is 2. The Bertz CT molecular complexity index is 1410. The molecule has 1 aliphatic heterocycles. The molecule has 16 heteroatoms. The van der Waals surface area contributed by atoms with Gasteiger partial charge >= 0.3 is 0 Å². The number of ether oxygens (including phenoxy) is 3. The topological polar surface area (TPSA) is 176 Å². The molecule has 3 unspecified atom stereocenters. The fraction of sp³-hybridized carbons (Fsp3) is 0.400. The maximum atomic E-state index is 13.4. The smallest absolute Gasteiger partial charge is 0.279 e. The van der Waals surface area contributed by atoms with Gasteiger partial charge in [-0.3, -0.25) is 14.1 Å². The summed E-state index contributed by atoms with van der Waals surface area (Å²) in [5.41, 5.74) is -0.699. The van der Waals surface area contributed by atoms with Crippen LogP contribution in [0.1, 0.15) is 30.6 Å². The summed E-state index contributed by atoms with van der Waals surface area (Å²) in [5.74, 6) is -0.354. The highest BCUT2D eigenvalue weighted by Crippen LogP contribution is 2.30. The number of methoxy groups -OCH3 is 2. The SMILES string of the molecule is COc1nc[nH]c(=O)c1-n1c(NS(=O)(=O)C(C)C(OC)c2ncc(Cl)cn2)nnc1C1C=CCOC1. The zero-order valence-electron chi connectivity index (χ0n) is 19.5. The van der Waals surface area contributed by atoms with Crippen molar-refractivity contribution in [3.8, 4) is 11.6 Å². The Hall–Kier alpha value is -3.40. The van der Waals surface area contributed by atoms with Gasteiger partial charge in [0.2, 0.25) is 21.9 Å². The molecule has 3 atom stereocenters. The van der Waals surface area contributed by atoms with Crippen molar-refractivity contribution in [2.45, 2.75) is 24.2 Å². The first-order valence-corrected chi connectivity index (χ1v) is 12.5. The molecule has 3 aromatic heterocycles. The van der Waals surface area contributed by atoms with Crippen LogP contribution in [0.15, 0.2) is 35.7 Å². The van der Waals surface area contributed by atoms with Crippen LogP contribution >= 0.6 is 11.6 Å². The highest BCUT2D eigenvalue weighted by atomic mass is 35.5. The van der Waals surface area contributed by atoms with Gasteiger partial charge in [0.05, 0.1) is 37.6 Å². The molecule has 0 spiro atoms. The quantitative estimate of drug-likeness (QED) is 0.371. The summed E-state index contributed by atoms with van der Waals surface area (Å²) >= 11 is 5.84. The Morgan fingerprint density at radius 1 is 1.25 bits per heavy atom. The first-order valence-electron chi connectivity index (χ1n) is 10.6. The predicted octanol–water partition coefficient (Wildman–Crippen LogP) is 0.991. The minimum Gasteiger partial charge on any atom is -0.479 e. The normalized spacial score (nSPS) is 17.5. The number of rotatable bonds is 9. The Balaban J connectivity index is 1.78. The third-order valence-corrected chi connectivity index (χ3v) is 7.30. The molecule has 3 aromatic rings. The van der Waals surface area contributed by atoms with Crippen molar-refractivity contribution in [1.82, 2.24) is 34.7 Å². The fourth-order valence-corrected chi connectivity index (χ4v) is 4.83. The van der Waals surface area contributed by atoms with Crippen LogP contribution in [-0.2, 0) is 19.5 Å². The van der Waals surface area contributed by atoms with Crippen molar-refractivity contribution in [1.29, 1.82) is 0 Å². The number of anilines is 1. The summed E-state index contributed by atoms with van der Waals surface area (Å²) in [6.07, 6.45) is 6.43. The summed E-state index contributed by atoms with van der Waals surface area (Å²) in [5, 5.41) is 7.29. The number of aromatic nitrogens is 7. The van der Waals surface area contributed by atoms with Gasteiger partial charge in [0.25, 0.3) is 5.56 Å². The van der Waals surface area contributed by atoms with E-state index in [0.29, 0.717) is 11.6 Å². The van der Waals surface area contributed by atoms with E-state index < -0.39 is 32.9 Å². The lowest BCUT2D eigenvalue weighted by molar-refractivity contribution is 0.0950. The lowest BCUT2D eigenvalue weighted by atomic mass is 10.1. The molecule has 4 rings (SSSR count). The van der Waals surface area contributed by atoms with Gasteiger partial charge in [-0.2, -0.15) is 0 Å². The first kappa shape index (κ1) is 25.7. The van der Waals surface area contributed by atoms with Crippen molar-refractivity contribution < 1.29 is 22.6 Å². The van der Waals surface area contributed by atoms with Crippen LogP contribution in [0.25, 0.3) is 5.69 Å². The molecule has 1 aliphatic rings. The number of halogens is 1. The molecule has 0 amide bonds. The summed E-state index contributed by atoms with van der Waals surface area (Å²) < 4.78 is 46.7. The number of aromatic amines is 1. The number of nitrogens with zero attached hydrogens (tertiary/aromatic N) is 6. The number of sulfonamides is 1. The number of hydrogen-bond acceptors (Lipinski definition) is 11. The Morgan fingerprint density at radius 2 is 2.00 bits per heavy atom. The van der Waals surface area contributed by atoms with Crippen molar-refractivity contribution in [2.75, 3.05) is 32.2 Å². The van der Waals surface area contributed by atoms with E-state index in [0.717, 1.165) is 0 Å². The van der Waals surface area contributed by atoms with E-state index in [1.165, 1.54) is 44.4 Å². The molecule has 0 fully saturated rings. The molecule has 0 bridgehead atoms. The summed E-state index contributed by atoms with van der Waals surface area (Å²) in [6.45, 7) is 2.09. The van der Waals surface area contributed by atoms with Gasteiger partial charge < -0.3 is 19.2 Å². The Labute approximate surface area is 210 Å². The van der Waals surface area contributed by atoms with Crippen LogP contribution in [0, 0.1) is 0 Å². The lowest BCUT2D eigenvalue weighted by Crippen LogP contribution is -2.34. The van der Waals surface area contributed by atoms with E-state index in [1.54, 1.807) is 6.08 Å². The summed E-state index contributed by atoms with van der Waals surface area (Å²) in [7, 11) is -1.53. The van der Waals surface area contributed by atoms with Crippen LogP contribution < -0.4 is 15.0 Å². The fourth-order valence-electron chi connectivity index (χ4n) is 3.60. The molecular formula is C20H23ClN8O6S.